The Morgan fingerprint density at radius 3 is 2.52 bits per heavy atom. The second-order valence-electron chi connectivity index (χ2n) is 6.61. The van der Waals surface area contributed by atoms with Gasteiger partial charge in [0.2, 0.25) is 0 Å². The minimum atomic E-state index is -0.242. The number of hydrogen-bond donors (Lipinski definition) is 1. The smallest absolute Gasteiger partial charge is 0.271 e. The molecule has 1 N–H and O–H groups in total. The van der Waals surface area contributed by atoms with Crippen molar-refractivity contribution in [2.45, 2.75) is 16.3 Å². The van der Waals surface area contributed by atoms with E-state index >= 15 is 0 Å². The van der Waals surface area contributed by atoms with E-state index in [0.29, 0.717) is 27.8 Å². The zero-order valence-corrected chi connectivity index (χ0v) is 18.7. The van der Waals surface area contributed by atoms with E-state index in [1.165, 1.54) is 27.4 Å². The van der Waals surface area contributed by atoms with Crippen LogP contribution in [0.25, 0.3) is 5.69 Å². The summed E-state index contributed by atoms with van der Waals surface area (Å²) in [5, 5.41) is 10.7. The first-order chi connectivity index (χ1) is 15.1. The Kier molecular flexibility index (Phi) is 6.86. The standard InChI is InChI=1S/C23H18ClN3O2S2/c24-17-5-9-20(10-6-17)31-21-11-12-22(28)27(26-21)18-7-3-16(4-8-18)23(29)25-14-13-19-2-1-15-30-19/h1-12,15H,13-14H2,(H,25,29). The van der Waals surface area contributed by atoms with Gasteiger partial charge in [0, 0.05) is 33.0 Å². The van der Waals surface area contributed by atoms with Crippen molar-refractivity contribution < 1.29 is 4.79 Å². The third kappa shape index (κ3) is 5.64. The summed E-state index contributed by atoms with van der Waals surface area (Å²) in [5.74, 6) is -0.143. The van der Waals surface area contributed by atoms with Gasteiger partial charge in [0.25, 0.3) is 11.5 Å². The molecular formula is C23H18ClN3O2S2. The Balaban J connectivity index is 1.44. The molecule has 0 aliphatic carbocycles. The minimum Gasteiger partial charge on any atom is -0.352 e. The lowest BCUT2D eigenvalue weighted by Crippen LogP contribution is -2.25. The molecule has 5 nitrogen and oxygen atoms in total. The molecule has 0 spiro atoms. The molecule has 0 saturated heterocycles. The van der Waals surface area contributed by atoms with Gasteiger partial charge in [-0.1, -0.05) is 29.4 Å². The number of rotatable bonds is 7. The molecule has 0 fully saturated rings. The van der Waals surface area contributed by atoms with Crippen molar-refractivity contribution in [3.8, 4) is 5.69 Å². The van der Waals surface area contributed by atoms with Crippen LogP contribution in [0.3, 0.4) is 0 Å². The van der Waals surface area contributed by atoms with E-state index in [1.807, 2.05) is 35.7 Å². The lowest BCUT2D eigenvalue weighted by Gasteiger charge is -2.08. The number of aromatic nitrogens is 2. The normalized spacial score (nSPS) is 10.7. The highest BCUT2D eigenvalue weighted by Crippen LogP contribution is 2.26. The second kappa shape index (κ2) is 9.96. The number of nitrogens with one attached hydrogen (secondary N) is 1. The Labute approximate surface area is 192 Å². The maximum Gasteiger partial charge on any atom is 0.271 e. The molecule has 0 saturated carbocycles. The van der Waals surface area contributed by atoms with Crippen LogP contribution in [0.2, 0.25) is 5.02 Å². The number of halogens is 1. The van der Waals surface area contributed by atoms with Gasteiger partial charge >= 0.3 is 0 Å². The van der Waals surface area contributed by atoms with Gasteiger partial charge in [-0.3, -0.25) is 9.59 Å². The van der Waals surface area contributed by atoms with Gasteiger partial charge in [-0.15, -0.1) is 11.3 Å². The van der Waals surface area contributed by atoms with Gasteiger partial charge in [0.05, 0.1) is 5.69 Å². The Morgan fingerprint density at radius 2 is 1.81 bits per heavy atom. The predicted molar refractivity (Wildman–Crippen MR) is 126 cm³/mol. The summed E-state index contributed by atoms with van der Waals surface area (Å²) in [5.41, 5.74) is 0.891. The molecule has 31 heavy (non-hydrogen) atoms. The average Bonchev–Trinajstić information content (AvgIpc) is 3.30. The third-order valence-corrected chi connectivity index (χ3v) is 6.55. The number of hydrogen-bond acceptors (Lipinski definition) is 5. The maximum absolute atomic E-state index is 12.4. The van der Waals surface area contributed by atoms with Crippen LogP contribution in [-0.2, 0) is 6.42 Å². The van der Waals surface area contributed by atoms with Crippen LogP contribution in [0.5, 0.6) is 0 Å². The first-order valence-electron chi connectivity index (χ1n) is 9.53. The van der Waals surface area contributed by atoms with E-state index in [1.54, 1.807) is 41.7 Å². The first kappa shape index (κ1) is 21.4. The van der Waals surface area contributed by atoms with E-state index in [2.05, 4.69) is 16.5 Å². The topological polar surface area (TPSA) is 64.0 Å². The summed E-state index contributed by atoms with van der Waals surface area (Å²) in [6.45, 7) is 0.575. The molecule has 0 bridgehead atoms. The number of carbonyl (C=O) groups excluding carboxylic acids is 1. The minimum absolute atomic E-state index is 0.143. The van der Waals surface area contributed by atoms with E-state index < -0.39 is 0 Å². The molecule has 2 aromatic carbocycles. The SMILES string of the molecule is O=C(NCCc1cccs1)c1ccc(-n2nc(Sc3ccc(Cl)cc3)ccc2=O)cc1. The van der Waals surface area contributed by atoms with Crippen molar-refractivity contribution >= 4 is 40.6 Å². The van der Waals surface area contributed by atoms with Gasteiger partial charge in [0.1, 0.15) is 5.03 Å². The predicted octanol–water partition coefficient (Wildman–Crippen LogP) is 5.07. The van der Waals surface area contributed by atoms with Crippen LogP contribution >= 0.6 is 34.7 Å². The summed E-state index contributed by atoms with van der Waals surface area (Å²) in [6, 6.07) is 21.5. The van der Waals surface area contributed by atoms with Crippen molar-refractivity contribution in [3.05, 3.63) is 104 Å². The second-order valence-corrected chi connectivity index (χ2v) is 9.17. The molecule has 2 aromatic heterocycles. The van der Waals surface area contributed by atoms with Crippen LogP contribution in [-0.4, -0.2) is 22.2 Å². The van der Waals surface area contributed by atoms with Crippen LogP contribution in [0, 0.1) is 0 Å². The fourth-order valence-electron chi connectivity index (χ4n) is 2.87. The van der Waals surface area contributed by atoms with Gasteiger partial charge in [0.15, 0.2) is 0 Å². The van der Waals surface area contributed by atoms with Gasteiger partial charge < -0.3 is 5.32 Å². The van der Waals surface area contributed by atoms with Gasteiger partial charge in [-0.05, 0) is 72.5 Å². The van der Waals surface area contributed by atoms with E-state index in [9.17, 15) is 9.59 Å². The number of nitrogens with zero attached hydrogens (tertiary/aromatic N) is 2. The van der Waals surface area contributed by atoms with Crippen molar-refractivity contribution in [1.82, 2.24) is 15.1 Å². The molecule has 4 aromatic rings. The van der Waals surface area contributed by atoms with Crippen molar-refractivity contribution in [3.63, 3.8) is 0 Å². The van der Waals surface area contributed by atoms with Crippen molar-refractivity contribution in [1.29, 1.82) is 0 Å². The van der Waals surface area contributed by atoms with Crippen LogP contribution < -0.4 is 10.9 Å². The lowest BCUT2D eigenvalue weighted by atomic mass is 10.2. The molecule has 2 heterocycles. The molecular weight excluding hydrogens is 450 g/mol. The van der Waals surface area contributed by atoms with Crippen LogP contribution in [0.15, 0.2) is 92.9 Å². The number of thiophene rings is 1. The Morgan fingerprint density at radius 1 is 1.03 bits per heavy atom. The fraction of sp³-hybridized carbons (Fsp3) is 0.0870. The lowest BCUT2D eigenvalue weighted by molar-refractivity contribution is 0.0954. The first-order valence-corrected chi connectivity index (χ1v) is 11.6. The highest BCUT2D eigenvalue weighted by molar-refractivity contribution is 7.99. The molecule has 8 heteroatoms. The summed E-state index contributed by atoms with van der Waals surface area (Å²) >= 11 is 9.04. The summed E-state index contributed by atoms with van der Waals surface area (Å²) < 4.78 is 1.33. The molecule has 0 aliphatic rings. The Hall–Kier alpha value is -2.87. The quantitative estimate of drug-likeness (QED) is 0.412. The summed E-state index contributed by atoms with van der Waals surface area (Å²) in [6.07, 6.45) is 0.804. The molecule has 1 amide bonds. The summed E-state index contributed by atoms with van der Waals surface area (Å²) in [4.78, 5) is 26.9. The van der Waals surface area contributed by atoms with Crippen LogP contribution in [0.4, 0.5) is 0 Å². The van der Waals surface area contributed by atoms with Crippen LogP contribution in [0.1, 0.15) is 15.2 Å². The molecule has 0 unspecified atom stereocenters. The van der Waals surface area contributed by atoms with Crippen molar-refractivity contribution in [2.24, 2.45) is 0 Å². The Bertz CT molecular complexity index is 1220. The number of benzene rings is 2. The monoisotopic (exact) mass is 467 g/mol. The molecule has 0 atom stereocenters. The molecule has 0 aliphatic heterocycles. The van der Waals surface area contributed by atoms with Gasteiger partial charge in [-0.2, -0.15) is 9.78 Å². The highest BCUT2D eigenvalue weighted by Gasteiger charge is 2.09. The van der Waals surface area contributed by atoms with E-state index in [4.69, 9.17) is 11.6 Å². The maximum atomic E-state index is 12.4. The average molecular weight is 468 g/mol. The molecule has 4 rings (SSSR count). The fourth-order valence-corrected chi connectivity index (χ4v) is 4.47. The third-order valence-electron chi connectivity index (χ3n) is 4.42. The molecule has 0 radical (unpaired) electrons. The van der Waals surface area contributed by atoms with E-state index in [0.717, 1.165) is 11.3 Å². The zero-order chi connectivity index (χ0) is 21.6. The van der Waals surface area contributed by atoms with Gasteiger partial charge in [-0.25, -0.2) is 0 Å². The largest absolute Gasteiger partial charge is 0.352 e. The summed E-state index contributed by atoms with van der Waals surface area (Å²) in [7, 11) is 0. The zero-order valence-electron chi connectivity index (χ0n) is 16.3. The molecule has 156 valence electrons. The van der Waals surface area contributed by atoms with E-state index in [-0.39, 0.29) is 11.5 Å². The highest BCUT2D eigenvalue weighted by atomic mass is 35.5. The number of carbonyl (C=O) groups is 1. The van der Waals surface area contributed by atoms with Crippen molar-refractivity contribution in [2.75, 3.05) is 6.54 Å². The number of amides is 1.